The molecular weight excluding hydrogens is 312 g/mol. The molecule has 0 unspecified atom stereocenters. The van der Waals surface area contributed by atoms with E-state index in [0.29, 0.717) is 11.6 Å². The molecule has 0 radical (unpaired) electrons. The van der Waals surface area contributed by atoms with Crippen LogP contribution in [0.5, 0.6) is 0 Å². The molecule has 0 aliphatic heterocycles. The highest BCUT2D eigenvalue weighted by molar-refractivity contribution is 7.19. The fourth-order valence-corrected chi connectivity index (χ4v) is 3.49. The van der Waals surface area contributed by atoms with Crippen LogP contribution in [0.15, 0.2) is 51.5 Å². The summed E-state index contributed by atoms with van der Waals surface area (Å²) in [6.07, 6.45) is 1.66. The Hall–Kier alpha value is -2.93. The lowest BCUT2D eigenvalue weighted by atomic mass is 10.2. The SMILES string of the molecule is Cc1occc1-c1nn2c(-c3cc4ccccc4o3)nnc2s1. The van der Waals surface area contributed by atoms with Crippen molar-refractivity contribution in [2.75, 3.05) is 0 Å². The van der Waals surface area contributed by atoms with Gasteiger partial charge in [-0.3, -0.25) is 0 Å². The van der Waals surface area contributed by atoms with E-state index >= 15 is 0 Å². The first-order chi connectivity index (χ1) is 11.3. The maximum Gasteiger partial charge on any atom is 0.235 e. The van der Waals surface area contributed by atoms with Crippen LogP contribution in [-0.2, 0) is 0 Å². The predicted octanol–water partition coefficient (Wildman–Crippen LogP) is 4.17. The van der Waals surface area contributed by atoms with Crippen molar-refractivity contribution in [3.05, 3.63) is 48.4 Å². The van der Waals surface area contributed by atoms with E-state index in [2.05, 4.69) is 15.3 Å². The Morgan fingerprint density at radius 3 is 2.87 bits per heavy atom. The zero-order valence-corrected chi connectivity index (χ0v) is 12.9. The summed E-state index contributed by atoms with van der Waals surface area (Å²) in [5, 5.41) is 14.9. The monoisotopic (exact) mass is 322 g/mol. The molecule has 4 heterocycles. The third-order valence-electron chi connectivity index (χ3n) is 3.73. The van der Waals surface area contributed by atoms with E-state index in [1.54, 1.807) is 10.8 Å². The number of benzene rings is 1. The molecule has 4 aromatic heterocycles. The average molecular weight is 322 g/mol. The standard InChI is InChI=1S/C16H10N4O2S/c1-9-11(6-7-21-9)15-19-20-14(17-18-16(20)23-15)13-8-10-4-2-3-5-12(10)22-13/h2-8H,1H3. The van der Waals surface area contributed by atoms with Gasteiger partial charge in [-0.25, -0.2) is 0 Å². The van der Waals surface area contributed by atoms with Crippen molar-refractivity contribution in [1.29, 1.82) is 0 Å². The van der Waals surface area contributed by atoms with E-state index < -0.39 is 0 Å². The van der Waals surface area contributed by atoms with Gasteiger partial charge in [-0.05, 0) is 25.1 Å². The Labute approximate surface area is 134 Å². The summed E-state index contributed by atoms with van der Waals surface area (Å²) in [6, 6.07) is 11.7. The number of rotatable bonds is 2. The summed E-state index contributed by atoms with van der Waals surface area (Å²) in [5.74, 6) is 2.08. The van der Waals surface area contributed by atoms with E-state index in [1.165, 1.54) is 11.3 Å². The molecule has 0 spiro atoms. The molecule has 7 heteroatoms. The molecule has 5 rings (SSSR count). The van der Waals surface area contributed by atoms with Crippen LogP contribution in [0.4, 0.5) is 0 Å². The Morgan fingerprint density at radius 2 is 2.04 bits per heavy atom. The largest absolute Gasteiger partial charge is 0.469 e. The van der Waals surface area contributed by atoms with Crippen LogP contribution in [-0.4, -0.2) is 19.8 Å². The first kappa shape index (κ1) is 12.6. The minimum atomic E-state index is 0.597. The number of aromatic nitrogens is 4. The van der Waals surface area contributed by atoms with Crippen molar-refractivity contribution in [1.82, 2.24) is 19.8 Å². The maximum atomic E-state index is 5.87. The molecule has 5 aromatic rings. The van der Waals surface area contributed by atoms with Gasteiger partial charge in [-0.15, -0.1) is 10.2 Å². The highest BCUT2D eigenvalue weighted by Gasteiger charge is 2.18. The normalized spacial score (nSPS) is 11.7. The molecule has 23 heavy (non-hydrogen) atoms. The van der Waals surface area contributed by atoms with Crippen molar-refractivity contribution >= 4 is 27.3 Å². The number of hydrogen-bond donors (Lipinski definition) is 0. The first-order valence-electron chi connectivity index (χ1n) is 7.05. The molecule has 0 N–H and O–H groups in total. The van der Waals surface area contributed by atoms with Crippen molar-refractivity contribution in [2.24, 2.45) is 0 Å². The molecule has 0 atom stereocenters. The molecule has 0 saturated carbocycles. The molecule has 1 aromatic carbocycles. The zero-order chi connectivity index (χ0) is 15.4. The van der Waals surface area contributed by atoms with Gasteiger partial charge >= 0.3 is 0 Å². The fourth-order valence-electron chi connectivity index (χ4n) is 2.58. The zero-order valence-electron chi connectivity index (χ0n) is 12.1. The Kier molecular flexibility index (Phi) is 2.48. The van der Waals surface area contributed by atoms with Gasteiger partial charge in [0.15, 0.2) is 10.8 Å². The number of furan rings is 2. The van der Waals surface area contributed by atoms with Crippen LogP contribution < -0.4 is 0 Å². The summed E-state index contributed by atoms with van der Waals surface area (Å²) < 4.78 is 12.9. The van der Waals surface area contributed by atoms with E-state index in [9.17, 15) is 0 Å². The lowest BCUT2D eigenvalue weighted by Gasteiger charge is -1.92. The van der Waals surface area contributed by atoms with Crippen molar-refractivity contribution < 1.29 is 8.83 Å². The van der Waals surface area contributed by atoms with Crippen LogP contribution in [0.3, 0.4) is 0 Å². The smallest absolute Gasteiger partial charge is 0.235 e. The summed E-state index contributed by atoms with van der Waals surface area (Å²) in [6.45, 7) is 1.91. The van der Waals surface area contributed by atoms with Crippen molar-refractivity contribution in [3.63, 3.8) is 0 Å². The maximum absolute atomic E-state index is 5.87. The lowest BCUT2D eigenvalue weighted by Crippen LogP contribution is -1.89. The number of hydrogen-bond acceptors (Lipinski definition) is 6. The van der Waals surface area contributed by atoms with Gasteiger partial charge in [0.25, 0.3) is 0 Å². The molecule has 0 saturated heterocycles. The quantitative estimate of drug-likeness (QED) is 0.488. The van der Waals surface area contributed by atoms with Gasteiger partial charge < -0.3 is 8.83 Å². The van der Waals surface area contributed by atoms with Crippen LogP contribution in [0, 0.1) is 6.92 Å². The molecule has 6 nitrogen and oxygen atoms in total. The average Bonchev–Trinajstić information content (AvgIpc) is 3.28. The second-order valence-corrected chi connectivity index (χ2v) is 6.12. The van der Waals surface area contributed by atoms with E-state index in [4.69, 9.17) is 8.83 Å². The molecule has 112 valence electrons. The van der Waals surface area contributed by atoms with Gasteiger partial charge in [0.1, 0.15) is 11.3 Å². The molecule has 0 bridgehead atoms. The fraction of sp³-hybridized carbons (Fsp3) is 0.0625. The number of aryl methyl sites for hydroxylation is 1. The van der Waals surface area contributed by atoms with Gasteiger partial charge in [0.05, 0.1) is 11.8 Å². The number of nitrogens with zero attached hydrogens (tertiary/aromatic N) is 4. The predicted molar refractivity (Wildman–Crippen MR) is 86.3 cm³/mol. The Balaban J connectivity index is 1.70. The molecular formula is C16H10N4O2S. The first-order valence-corrected chi connectivity index (χ1v) is 7.87. The number of para-hydroxylation sites is 1. The second-order valence-electron chi connectivity index (χ2n) is 5.16. The number of fused-ring (bicyclic) bond motifs is 2. The second kappa shape index (κ2) is 4.53. The Bertz CT molecular complexity index is 1110. The van der Waals surface area contributed by atoms with E-state index in [0.717, 1.165) is 32.3 Å². The highest BCUT2D eigenvalue weighted by Crippen LogP contribution is 2.32. The van der Waals surface area contributed by atoms with Gasteiger partial charge in [0.2, 0.25) is 10.8 Å². The third-order valence-corrected chi connectivity index (χ3v) is 4.66. The summed E-state index contributed by atoms with van der Waals surface area (Å²) in [4.78, 5) is 0.719. The molecule has 0 aliphatic carbocycles. The summed E-state index contributed by atoms with van der Waals surface area (Å²) >= 11 is 1.47. The van der Waals surface area contributed by atoms with Crippen LogP contribution in [0.1, 0.15) is 5.76 Å². The van der Waals surface area contributed by atoms with Crippen LogP contribution in [0.25, 0.3) is 38.1 Å². The van der Waals surface area contributed by atoms with Gasteiger partial charge in [-0.2, -0.15) is 9.61 Å². The van der Waals surface area contributed by atoms with Crippen molar-refractivity contribution in [3.8, 4) is 22.2 Å². The molecule has 0 amide bonds. The summed E-state index contributed by atoms with van der Waals surface area (Å²) in [5.41, 5.74) is 1.79. The van der Waals surface area contributed by atoms with E-state index in [-0.39, 0.29) is 0 Å². The highest BCUT2D eigenvalue weighted by atomic mass is 32.1. The minimum Gasteiger partial charge on any atom is -0.469 e. The molecule has 0 aliphatic rings. The minimum absolute atomic E-state index is 0.597. The third kappa shape index (κ3) is 1.83. The van der Waals surface area contributed by atoms with E-state index in [1.807, 2.05) is 43.3 Å². The van der Waals surface area contributed by atoms with Gasteiger partial charge in [0, 0.05) is 5.39 Å². The lowest BCUT2D eigenvalue weighted by molar-refractivity contribution is 0.535. The van der Waals surface area contributed by atoms with Gasteiger partial charge in [-0.1, -0.05) is 29.5 Å². The topological polar surface area (TPSA) is 69.4 Å². The van der Waals surface area contributed by atoms with Crippen LogP contribution in [0.2, 0.25) is 0 Å². The Morgan fingerprint density at radius 1 is 1.13 bits per heavy atom. The van der Waals surface area contributed by atoms with Crippen LogP contribution >= 0.6 is 11.3 Å². The molecule has 0 fully saturated rings. The van der Waals surface area contributed by atoms with Crippen molar-refractivity contribution in [2.45, 2.75) is 6.92 Å². The summed E-state index contributed by atoms with van der Waals surface area (Å²) in [7, 11) is 0.